The van der Waals surface area contributed by atoms with Gasteiger partial charge in [0, 0.05) is 54.0 Å². The number of fused-ring (bicyclic) bond motifs is 2. The molecule has 156 valence electrons. The molecule has 1 fully saturated rings. The van der Waals surface area contributed by atoms with Crippen molar-refractivity contribution >= 4 is 43.4 Å². The second-order valence-corrected chi connectivity index (χ2v) is 10.2. The van der Waals surface area contributed by atoms with E-state index in [1.165, 1.54) is 11.8 Å². The predicted octanol–water partition coefficient (Wildman–Crippen LogP) is 3.44. The molecular formula is C21H22ClN5O2S. The Kier molecular flexibility index (Phi) is 4.82. The number of H-pyrrole nitrogens is 2. The number of piperazine rings is 1. The number of nitrogens with zero attached hydrogens (tertiary/aromatic N) is 3. The van der Waals surface area contributed by atoms with Crippen LogP contribution in [0.5, 0.6) is 0 Å². The van der Waals surface area contributed by atoms with E-state index in [0.717, 1.165) is 52.8 Å². The second kappa shape index (κ2) is 7.39. The molecule has 2 aromatic carbocycles. The third-order valence-corrected chi connectivity index (χ3v) is 7.21. The molecule has 1 aliphatic rings. The molecule has 7 nitrogen and oxygen atoms in total. The van der Waals surface area contributed by atoms with Gasteiger partial charge in [0.25, 0.3) is 0 Å². The maximum absolute atomic E-state index is 11.7. The lowest BCUT2D eigenvalue weighted by atomic mass is 10.1. The van der Waals surface area contributed by atoms with Crippen molar-refractivity contribution in [1.82, 2.24) is 24.4 Å². The molecule has 0 unspecified atom stereocenters. The van der Waals surface area contributed by atoms with Crippen LogP contribution in [0.1, 0.15) is 5.56 Å². The molecule has 30 heavy (non-hydrogen) atoms. The zero-order valence-electron chi connectivity index (χ0n) is 16.5. The van der Waals surface area contributed by atoms with Crippen LogP contribution >= 0.6 is 11.6 Å². The molecule has 0 bridgehead atoms. The van der Waals surface area contributed by atoms with Crippen molar-refractivity contribution in [2.45, 2.75) is 6.54 Å². The van der Waals surface area contributed by atoms with E-state index in [2.05, 4.69) is 44.3 Å². The third kappa shape index (κ3) is 3.72. The first kappa shape index (κ1) is 19.6. The molecule has 3 heterocycles. The molecule has 0 spiro atoms. The van der Waals surface area contributed by atoms with Crippen LogP contribution in [0.4, 0.5) is 0 Å². The van der Waals surface area contributed by atoms with Crippen molar-refractivity contribution in [3.63, 3.8) is 0 Å². The molecule has 2 aromatic heterocycles. The summed E-state index contributed by atoms with van der Waals surface area (Å²) in [6.07, 6.45) is 1.28. The minimum Gasteiger partial charge on any atom is -0.353 e. The lowest BCUT2D eigenvalue weighted by molar-refractivity contribution is 0.182. The second-order valence-electron chi connectivity index (χ2n) is 7.80. The fourth-order valence-corrected chi connectivity index (χ4v) is 5.08. The van der Waals surface area contributed by atoms with Crippen molar-refractivity contribution in [2.24, 2.45) is 0 Å². The summed E-state index contributed by atoms with van der Waals surface area (Å²) in [5.74, 6) is 0. The number of nitrogens with one attached hydrogen (secondary N) is 2. The molecule has 0 atom stereocenters. The summed E-state index contributed by atoms with van der Waals surface area (Å²) in [7, 11) is -3.10. The first-order valence-corrected chi connectivity index (χ1v) is 12.0. The maximum atomic E-state index is 11.7. The number of rotatable bonds is 4. The van der Waals surface area contributed by atoms with Crippen LogP contribution < -0.4 is 0 Å². The van der Waals surface area contributed by atoms with Crippen LogP contribution in [0.3, 0.4) is 0 Å². The zero-order valence-corrected chi connectivity index (χ0v) is 18.1. The van der Waals surface area contributed by atoms with Gasteiger partial charge in [-0.15, -0.1) is 0 Å². The first-order valence-electron chi connectivity index (χ1n) is 9.80. The first-order chi connectivity index (χ1) is 14.4. The Hall–Kier alpha value is -2.39. The highest BCUT2D eigenvalue weighted by Crippen LogP contribution is 2.30. The average molecular weight is 444 g/mol. The number of aromatic nitrogens is 3. The van der Waals surface area contributed by atoms with E-state index in [-0.39, 0.29) is 0 Å². The Morgan fingerprint density at radius 1 is 1.03 bits per heavy atom. The summed E-state index contributed by atoms with van der Waals surface area (Å²) >= 11 is 6.07. The highest BCUT2D eigenvalue weighted by Gasteiger charge is 2.23. The van der Waals surface area contributed by atoms with Crippen LogP contribution in [-0.4, -0.2) is 65.2 Å². The molecule has 1 aliphatic heterocycles. The van der Waals surface area contributed by atoms with Gasteiger partial charge in [0.05, 0.1) is 17.5 Å². The van der Waals surface area contributed by atoms with Gasteiger partial charge in [0.15, 0.2) is 0 Å². The predicted molar refractivity (Wildman–Crippen MR) is 120 cm³/mol. The van der Waals surface area contributed by atoms with Gasteiger partial charge in [0.2, 0.25) is 10.0 Å². The number of halogens is 1. The van der Waals surface area contributed by atoms with Crippen molar-refractivity contribution in [3.8, 4) is 11.4 Å². The third-order valence-electron chi connectivity index (χ3n) is 5.67. The Bertz CT molecular complexity index is 1340. The van der Waals surface area contributed by atoms with Crippen LogP contribution in [0, 0.1) is 0 Å². The van der Waals surface area contributed by atoms with E-state index in [0.29, 0.717) is 18.1 Å². The minimum absolute atomic E-state index is 0.547. The van der Waals surface area contributed by atoms with E-state index in [9.17, 15) is 8.42 Å². The van der Waals surface area contributed by atoms with Gasteiger partial charge >= 0.3 is 0 Å². The summed E-state index contributed by atoms with van der Waals surface area (Å²) in [5.41, 5.74) is 5.00. The normalized spacial score (nSPS) is 16.6. The summed E-state index contributed by atoms with van der Waals surface area (Å²) in [6, 6.07) is 14.2. The Morgan fingerprint density at radius 3 is 2.60 bits per heavy atom. The van der Waals surface area contributed by atoms with Gasteiger partial charge in [-0.1, -0.05) is 17.7 Å². The summed E-state index contributed by atoms with van der Waals surface area (Å²) in [6.45, 7) is 3.38. The van der Waals surface area contributed by atoms with Gasteiger partial charge in [0.1, 0.15) is 5.69 Å². The number of sulfonamides is 1. The van der Waals surface area contributed by atoms with Gasteiger partial charge < -0.3 is 4.98 Å². The zero-order chi connectivity index (χ0) is 20.9. The van der Waals surface area contributed by atoms with Crippen LogP contribution in [0.2, 0.25) is 5.02 Å². The molecule has 5 rings (SSSR count). The summed E-state index contributed by atoms with van der Waals surface area (Å²) in [4.78, 5) is 5.75. The number of hydrogen-bond donors (Lipinski definition) is 2. The van der Waals surface area contributed by atoms with Crippen molar-refractivity contribution < 1.29 is 8.42 Å². The molecule has 9 heteroatoms. The Morgan fingerprint density at radius 2 is 1.83 bits per heavy atom. The quantitative estimate of drug-likeness (QED) is 0.506. The van der Waals surface area contributed by atoms with Crippen LogP contribution in [-0.2, 0) is 16.6 Å². The molecule has 0 amide bonds. The molecule has 0 saturated carbocycles. The highest BCUT2D eigenvalue weighted by atomic mass is 35.5. The monoisotopic (exact) mass is 443 g/mol. The van der Waals surface area contributed by atoms with Crippen LogP contribution in [0.25, 0.3) is 33.2 Å². The molecule has 0 aliphatic carbocycles. The lowest BCUT2D eigenvalue weighted by Crippen LogP contribution is -2.47. The standard InChI is InChI=1S/C21H22ClN5O2S/c1-30(28,29)27-8-6-26(7-9-27)13-14-2-5-18-15(10-14)11-20(23-18)21-17-4-3-16(22)12-19(17)24-25-21/h2-5,10-12,23H,6-9,13H2,1H3,(H,24,25). The van der Waals surface area contributed by atoms with E-state index in [4.69, 9.17) is 11.6 Å². The van der Waals surface area contributed by atoms with E-state index < -0.39 is 10.0 Å². The highest BCUT2D eigenvalue weighted by molar-refractivity contribution is 7.88. The molecule has 4 aromatic rings. The van der Waals surface area contributed by atoms with Gasteiger partial charge in [-0.05, 0) is 42.0 Å². The number of hydrogen-bond acceptors (Lipinski definition) is 4. The summed E-state index contributed by atoms with van der Waals surface area (Å²) < 4.78 is 24.9. The van der Waals surface area contributed by atoms with Gasteiger partial charge in [-0.3, -0.25) is 10.00 Å². The molecule has 2 N–H and O–H groups in total. The Balaban J connectivity index is 1.37. The van der Waals surface area contributed by atoms with Crippen molar-refractivity contribution in [2.75, 3.05) is 32.4 Å². The largest absolute Gasteiger partial charge is 0.353 e. The van der Waals surface area contributed by atoms with E-state index in [1.807, 2.05) is 18.2 Å². The van der Waals surface area contributed by atoms with Gasteiger partial charge in [-0.25, -0.2) is 8.42 Å². The lowest BCUT2D eigenvalue weighted by Gasteiger charge is -2.33. The van der Waals surface area contributed by atoms with E-state index >= 15 is 0 Å². The number of benzene rings is 2. The molecular weight excluding hydrogens is 422 g/mol. The van der Waals surface area contributed by atoms with Crippen molar-refractivity contribution in [1.29, 1.82) is 0 Å². The number of aromatic amines is 2. The molecule has 0 radical (unpaired) electrons. The van der Waals surface area contributed by atoms with E-state index in [1.54, 1.807) is 4.31 Å². The maximum Gasteiger partial charge on any atom is 0.211 e. The van der Waals surface area contributed by atoms with Gasteiger partial charge in [-0.2, -0.15) is 9.40 Å². The van der Waals surface area contributed by atoms with Crippen LogP contribution in [0.15, 0.2) is 42.5 Å². The SMILES string of the molecule is CS(=O)(=O)N1CCN(Cc2ccc3[nH]c(-c4n[nH]c5cc(Cl)ccc45)cc3c2)CC1. The molecule has 1 saturated heterocycles. The average Bonchev–Trinajstić information content (AvgIpc) is 3.30. The van der Waals surface area contributed by atoms with Crippen molar-refractivity contribution in [3.05, 3.63) is 53.1 Å². The summed E-state index contributed by atoms with van der Waals surface area (Å²) in [5, 5.41) is 10.3. The fraction of sp³-hybridized carbons (Fsp3) is 0.286. The minimum atomic E-state index is -3.10. The topological polar surface area (TPSA) is 85.1 Å². The smallest absolute Gasteiger partial charge is 0.211 e. The Labute approximate surface area is 179 Å². The fourth-order valence-electron chi connectivity index (χ4n) is 4.08.